The second-order valence-corrected chi connectivity index (χ2v) is 14.4. The molecule has 6 nitrogen and oxygen atoms in total. The summed E-state index contributed by atoms with van der Waals surface area (Å²) >= 11 is 4.57. The number of carbonyl (C=O) groups excluding carboxylic acids is 1. The number of amides is 1. The van der Waals surface area contributed by atoms with Crippen molar-refractivity contribution in [3.63, 3.8) is 0 Å². The van der Waals surface area contributed by atoms with Gasteiger partial charge in [0.25, 0.3) is 5.91 Å². The molecule has 4 heterocycles. The third-order valence-corrected chi connectivity index (χ3v) is 11.2. The van der Waals surface area contributed by atoms with Gasteiger partial charge in [-0.15, -0.1) is 27.8 Å². The Kier molecular flexibility index (Phi) is 6.52. The lowest BCUT2D eigenvalue weighted by atomic mass is 9.63. The molecule has 0 saturated carbocycles. The Morgan fingerprint density at radius 1 is 0.974 bits per heavy atom. The van der Waals surface area contributed by atoms with Crippen LogP contribution in [0.4, 0.5) is 0 Å². The van der Waals surface area contributed by atoms with Crippen LogP contribution < -0.4 is 0 Å². The summed E-state index contributed by atoms with van der Waals surface area (Å²) in [6.07, 6.45) is 4.29. The normalized spacial score (nSPS) is 18.9. The number of nitrogens with zero attached hydrogens (tertiary/aromatic N) is 5. The van der Waals surface area contributed by atoms with E-state index in [0.29, 0.717) is 11.6 Å². The summed E-state index contributed by atoms with van der Waals surface area (Å²) in [5.41, 5.74) is 7.04. The van der Waals surface area contributed by atoms with E-state index in [0.717, 1.165) is 47.2 Å². The number of benzene rings is 1. The minimum absolute atomic E-state index is 0.0144. The Bertz CT molecular complexity index is 1490. The summed E-state index contributed by atoms with van der Waals surface area (Å²) in [4.78, 5) is 25.7. The Hall–Kier alpha value is -2.49. The molecule has 2 aliphatic rings. The molecule has 3 aromatic heterocycles. The molecule has 6 rings (SSSR count). The van der Waals surface area contributed by atoms with Gasteiger partial charge < -0.3 is 4.90 Å². The zero-order chi connectivity index (χ0) is 26.7. The summed E-state index contributed by atoms with van der Waals surface area (Å²) in [6, 6.07) is 6.99. The van der Waals surface area contributed by atoms with Gasteiger partial charge in [0, 0.05) is 35.3 Å². The van der Waals surface area contributed by atoms with E-state index >= 15 is 0 Å². The molecule has 1 saturated heterocycles. The van der Waals surface area contributed by atoms with Crippen molar-refractivity contribution in [1.82, 2.24) is 24.5 Å². The molecule has 1 aromatic carbocycles. The number of fused-ring (bicyclic) bond motifs is 1. The van der Waals surface area contributed by atoms with Gasteiger partial charge in [-0.25, -0.2) is 9.97 Å². The molecule has 0 spiro atoms. The third-order valence-electron chi connectivity index (χ3n) is 8.37. The van der Waals surface area contributed by atoms with Crippen LogP contribution in [0.2, 0.25) is 0 Å². The van der Waals surface area contributed by atoms with Crippen LogP contribution in [0.5, 0.6) is 0 Å². The number of piperidine rings is 1. The average molecular weight is 564 g/mol. The van der Waals surface area contributed by atoms with Crippen LogP contribution in [0.3, 0.4) is 0 Å². The largest absolute Gasteiger partial charge is 0.337 e. The van der Waals surface area contributed by atoms with Crippen molar-refractivity contribution in [2.45, 2.75) is 77.0 Å². The molecule has 1 fully saturated rings. The number of carbonyl (C=O) groups is 1. The maximum Gasteiger partial charge on any atom is 0.273 e. The first kappa shape index (κ1) is 25.8. The summed E-state index contributed by atoms with van der Waals surface area (Å²) in [5, 5.41) is 10.1. The Labute approximate surface area is 236 Å². The average Bonchev–Trinajstić information content (AvgIpc) is 3.67. The highest BCUT2D eigenvalue weighted by Gasteiger charge is 2.37. The minimum Gasteiger partial charge on any atom is -0.337 e. The van der Waals surface area contributed by atoms with E-state index in [2.05, 4.69) is 65.8 Å². The second-order valence-electron chi connectivity index (χ2n) is 11.9. The second kappa shape index (κ2) is 9.61. The monoisotopic (exact) mass is 563 g/mol. The first-order chi connectivity index (χ1) is 18.1. The number of hydrogen-bond acceptors (Lipinski definition) is 8. The molecule has 0 radical (unpaired) electrons. The van der Waals surface area contributed by atoms with Gasteiger partial charge >= 0.3 is 0 Å². The maximum absolute atomic E-state index is 13.1. The van der Waals surface area contributed by atoms with Gasteiger partial charge in [0.1, 0.15) is 15.6 Å². The van der Waals surface area contributed by atoms with Crippen molar-refractivity contribution < 1.29 is 4.79 Å². The van der Waals surface area contributed by atoms with Crippen LogP contribution in [0.25, 0.3) is 21.1 Å². The Balaban J connectivity index is 1.13. The molecule has 9 heteroatoms. The molecular weight excluding hydrogens is 531 g/mol. The molecule has 0 bridgehead atoms. The highest BCUT2D eigenvalue weighted by molar-refractivity contribution is 7.18. The van der Waals surface area contributed by atoms with Crippen molar-refractivity contribution in [2.24, 2.45) is 0 Å². The molecule has 38 heavy (non-hydrogen) atoms. The zero-order valence-electron chi connectivity index (χ0n) is 22.6. The number of thiazole rings is 2. The van der Waals surface area contributed by atoms with E-state index in [1.54, 1.807) is 11.3 Å². The number of hydrogen-bond donors (Lipinski definition) is 0. The molecule has 4 aromatic rings. The van der Waals surface area contributed by atoms with Crippen molar-refractivity contribution in [3.05, 3.63) is 56.5 Å². The predicted molar refractivity (Wildman–Crippen MR) is 156 cm³/mol. The summed E-state index contributed by atoms with van der Waals surface area (Å²) in [5.74, 6) is 0.406. The van der Waals surface area contributed by atoms with Gasteiger partial charge in [0.2, 0.25) is 0 Å². The van der Waals surface area contributed by atoms with E-state index < -0.39 is 0 Å². The Morgan fingerprint density at radius 2 is 1.71 bits per heavy atom. The van der Waals surface area contributed by atoms with Crippen LogP contribution in [-0.2, 0) is 10.8 Å². The molecule has 1 aliphatic carbocycles. The van der Waals surface area contributed by atoms with Gasteiger partial charge in [-0.1, -0.05) is 44.3 Å². The van der Waals surface area contributed by atoms with Gasteiger partial charge in [-0.2, -0.15) is 0 Å². The topological polar surface area (TPSA) is 71.9 Å². The molecule has 198 valence electrons. The van der Waals surface area contributed by atoms with E-state index in [1.165, 1.54) is 57.4 Å². The Morgan fingerprint density at radius 3 is 2.42 bits per heavy atom. The summed E-state index contributed by atoms with van der Waals surface area (Å²) < 4.78 is 3.99. The van der Waals surface area contributed by atoms with E-state index in [1.807, 2.05) is 17.2 Å². The third kappa shape index (κ3) is 4.62. The number of likely N-dealkylation sites (tertiary alicyclic amines) is 1. The van der Waals surface area contributed by atoms with Crippen LogP contribution in [0, 0.1) is 6.92 Å². The summed E-state index contributed by atoms with van der Waals surface area (Å²) in [7, 11) is 0. The first-order valence-electron chi connectivity index (χ1n) is 13.3. The lowest BCUT2D eigenvalue weighted by Crippen LogP contribution is -2.38. The zero-order valence-corrected chi connectivity index (χ0v) is 25.0. The standard InChI is InChI=1S/C29H33N5OS3/c1-17-24(38-33-32-17)26-31-23(16-37-26)27(35)34-12-8-18(9-13-34)25-30-22(15-36-25)19-6-7-20-21(14-19)29(4,5)11-10-28(20,2)3/h6-7,14-16,18H,8-13H2,1-5H3. The smallest absolute Gasteiger partial charge is 0.273 e. The predicted octanol–water partition coefficient (Wildman–Crippen LogP) is 7.46. The molecule has 1 aliphatic heterocycles. The van der Waals surface area contributed by atoms with Gasteiger partial charge in [0.05, 0.1) is 16.4 Å². The molecule has 0 unspecified atom stereocenters. The van der Waals surface area contributed by atoms with Gasteiger partial charge in [-0.3, -0.25) is 4.79 Å². The number of rotatable bonds is 4. The number of aromatic nitrogens is 4. The van der Waals surface area contributed by atoms with Gasteiger partial charge in [-0.05, 0) is 72.2 Å². The number of aryl methyl sites for hydroxylation is 1. The van der Waals surface area contributed by atoms with Crippen LogP contribution >= 0.6 is 34.2 Å². The molecule has 0 atom stereocenters. The van der Waals surface area contributed by atoms with Crippen LogP contribution in [-0.4, -0.2) is 43.5 Å². The van der Waals surface area contributed by atoms with Crippen molar-refractivity contribution in [1.29, 1.82) is 0 Å². The molecule has 1 amide bonds. The van der Waals surface area contributed by atoms with E-state index in [4.69, 9.17) is 4.98 Å². The molecule has 0 N–H and O–H groups in total. The van der Waals surface area contributed by atoms with Crippen molar-refractivity contribution in [3.8, 4) is 21.1 Å². The van der Waals surface area contributed by atoms with Crippen LogP contribution in [0.15, 0.2) is 29.0 Å². The van der Waals surface area contributed by atoms with Crippen LogP contribution in [0.1, 0.15) is 91.6 Å². The lowest BCUT2D eigenvalue weighted by molar-refractivity contribution is 0.0708. The quantitative estimate of drug-likeness (QED) is 0.258. The van der Waals surface area contributed by atoms with Crippen molar-refractivity contribution >= 4 is 40.1 Å². The van der Waals surface area contributed by atoms with E-state index in [9.17, 15) is 4.79 Å². The van der Waals surface area contributed by atoms with E-state index in [-0.39, 0.29) is 16.7 Å². The maximum atomic E-state index is 13.1. The fourth-order valence-electron chi connectivity index (χ4n) is 5.75. The minimum atomic E-state index is 0.0144. The fourth-order valence-corrected chi connectivity index (χ4v) is 8.33. The SMILES string of the molecule is Cc1nnsc1-c1nc(C(=O)N2CCC(c3nc(-c4ccc5c(c4)C(C)(C)CCC5(C)C)cs3)CC2)cs1. The lowest BCUT2D eigenvalue weighted by Gasteiger charge is -2.42. The highest BCUT2D eigenvalue weighted by Crippen LogP contribution is 2.47. The van der Waals surface area contributed by atoms with Crippen molar-refractivity contribution in [2.75, 3.05) is 13.1 Å². The van der Waals surface area contributed by atoms with Gasteiger partial charge in [0.15, 0.2) is 0 Å². The summed E-state index contributed by atoms with van der Waals surface area (Å²) in [6.45, 7) is 12.9. The molecular formula is C29H33N5OS3. The fraction of sp³-hybridized carbons (Fsp3) is 0.483. The first-order valence-corrected chi connectivity index (χ1v) is 15.8. The highest BCUT2D eigenvalue weighted by atomic mass is 32.1.